The maximum absolute atomic E-state index is 14.3. The Morgan fingerprint density at radius 3 is 2.83 bits per heavy atom. The van der Waals surface area contributed by atoms with Crippen LogP contribution in [0.4, 0.5) is 15.8 Å². The number of amides is 1. The lowest BCUT2D eigenvalue weighted by Crippen LogP contribution is -2.55. The lowest BCUT2D eigenvalue weighted by atomic mass is 9.98. The summed E-state index contributed by atoms with van der Waals surface area (Å²) in [6.07, 6.45) is 0. The molecule has 7 nitrogen and oxygen atoms in total. The number of nitrogens with zero attached hydrogens (tertiary/aromatic N) is 2. The van der Waals surface area contributed by atoms with Gasteiger partial charge in [-0.05, 0) is 43.2 Å². The minimum Gasteiger partial charge on any atom is -0.483 e. The minimum atomic E-state index is -0.397. The van der Waals surface area contributed by atoms with Crippen molar-refractivity contribution < 1.29 is 13.9 Å². The summed E-state index contributed by atoms with van der Waals surface area (Å²) in [5.74, 6) is 0.908. The van der Waals surface area contributed by atoms with E-state index in [2.05, 4.69) is 21.2 Å². The summed E-state index contributed by atoms with van der Waals surface area (Å²) in [4.78, 5) is 14.1. The van der Waals surface area contributed by atoms with Crippen molar-refractivity contribution in [1.82, 2.24) is 10.7 Å². The molecule has 3 aliphatic heterocycles. The summed E-state index contributed by atoms with van der Waals surface area (Å²) in [5.41, 5.74) is 6.44. The van der Waals surface area contributed by atoms with Gasteiger partial charge in [0.15, 0.2) is 5.84 Å². The Morgan fingerprint density at radius 1 is 1.28 bits per heavy atom. The van der Waals surface area contributed by atoms with E-state index in [1.165, 1.54) is 0 Å². The molecule has 0 spiro atoms. The molecule has 0 saturated carbocycles. The number of hydrazone groups is 1. The summed E-state index contributed by atoms with van der Waals surface area (Å²) in [5, 5.41) is 10.9. The second-order valence-corrected chi connectivity index (χ2v) is 7.67. The molecule has 150 valence electrons. The molecule has 0 bridgehead atoms. The lowest BCUT2D eigenvalue weighted by Gasteiger charge is -2.39. The van der Waals surface area contributed by atoms with Crippen LogP contribution in [0.2, 0.25) is 0 Å². The first-order chi connectivity index (χ1) is 14.0. The lowest BCUT2D eigenvalue weighted by molar-refractivity contribution is -0.122. The normalized spacial score (nSPS) is 20.7. The Kier molecular flexibility index (Phi) is 4.16. The summed E-state index contributed by atoms with van der Waals surface area (Å²) in [7, 11) is 0. The van der Waals surface area contributed by atoms with Gasteiger partial charge in [0.1, 0.15) is 24.2 Å². The molecule has 1 atom stereocenters. The predicted molar refractivity (Wildman–Crippen MR) is 110 cm³/mol. The number of anilines is 2. The van der Waals surface area contributed by atoms with Crippen molar-refractivity contribution in [2.75, 3.05) is 29.9 Å². The topological polar surface area (TPSA) is 78.0 Å². The molecule has 5 rings (SSSR count). The molecule has 1 saturated heterocycles. The fourth-order valence-corrected chi connectivity index (χ4v) is 3.80. The standard InChI is InChI=1S/C21H22FN5O2/c1-11-3-4-13(5-16(11)22)15-6-19-18(7-17(15)24-14-8-23-9-14)27-12(2)21(28)26-25-20(27)10-29-19/h3-7,12,14,23-24H,8-10H2,1-2H3,(H,26,28). The smallest absolute Gasteiger partial charge is 0.262 e. The van der Waals surface area contributed by atoms with Gasteiger partial charge in [-0.2, -0.15) is 5.10 Å². The Labute approximate surface area is 167 Å². The number of benzene rings is 2. The van der Waals surface area contributed by atoms with Gasteiger partial charge in [0.2, 0.25) is 0 Å². The second kappa shape index (κ2) is 6.73. The molecule has 1 unspecified atom stereocenters. The number of aryl methyl sites for hydroxylation is 1. The molecule has 8 heteroatoms. The van der Waals surface area contributed by atoms with Crippen molar-refractivity contribution in [1.29, 1.82) is 0 Å². The van der Waals surface area contributed by atoms with E-state index in [4.69, 9.17) is 4.74 Å². The second-order valence-electron chi connectivity index (χ2n) is 7.67. The molecule has 2 aromatic rings. The van der Waals surface area contributed by atoms with Crippen molar-refractivity contribution in [3.63, 3.8) is 0 Å². The van der Waals surface area contributed by atoms with Crippen molar-refractivity contribution in [2.45, 2.75) is 25.9 Å². The Morgan fingerprint density at radius 2 is 2.10 bits per heavy atom. The van der Waals surface area contributed by atoms with Crippen LogP contribution in [-0.2, 0) is 4.79 Å². The van der Waals surface area contributed by atoms with Gasteiger partial charge in [-0.15, -0.1) is 0 Å². The SMILES string of the molecule is Cc1ccc(-c2cc3c(cc2NC2CNC2)N2C(=NNC(=O)C2C)CO3)cc1F. The first kappa shape index (κ1) is 17.9. The van der Waals surface area contributed by atoms with Crippen LogP contribution < -0.4 is 25.7 Å². The average molecular weight is 395 g/mol. The molecule has 2 aromatic carbocycles. The quantitative estimate of drug-likeness (QED) is 0.743. The summed E-state index contributed by atoms with van der Waals surface area (Å²) >= 11 is 0. The molecule has 3 heterocycles. The summed E-state index contributed by atoms with van der Waals surface area (Å²) < 4.78 is 20.2. The van der Waals surface area contributed by atoms with Gasteiger partial charge >= 0.3 is 0 Å². The van der Waals surface area contributed by atoms with E-state index in [9.17, 15) is 9.18 Å². The molecular formula is C21H22FN5O2. The number of carbonyl (C=O) groups is 1. The maximum Gasteiger partial charge on any atom is 0.262 e. The number of rotatable bonds is 3. The zero-order valence-electron chi connectivity index (χ0n) is 16.3. The van der Waals surface area contributed by atoms with Gasteiger partial charge < -0.3 is 20.3 Å². The van der Waals surface area contributed by atoms with Crippen molar-refractivity contribution in [2.24, 2.45) is 5.10 Å². The minimum absolute atomic E-state index is 0.163. The van der Waals surface area contributed by atoms with E-state index >= 15 is 0 Å². The Balaban J connectivity index is 1.64. The van der Waals surface area contributed by atoms with E-state index in [1.807, 2.05) is 30.0 Å². The van der Waals surface area contributed by atoms with Gasteiger partial charge in [-0.1, -0.05) is 12.1 Å². The number of hydrogen-bond donors (Lipinski definition) is 3. The predicted octanol–water partition coefficient (Wildman–Crippen LogP) is 2.22. The molecule has 0 aliphatic carbocycles. The van der Waals surface area contributed by atoms with E-state index in [0.717, 1.165) is 35.6 Å². The highest BCUT2D eigenvalue weighted by Gasteiger charge is 2.36. The highest BCUT2D eigenvalue weighted by Crippen LogP contribution is 2.43. The van der Waals surface area contributed by atoms with Crippen molar-refractivity contribution >= 4 is 23.1 Å². The van der Waals surface area contributed by atoms with E-state index in [0.29, 0.717) is 23.2 Å². The van der Waals surface area contributed by atoms with Crippen LogP contribution in [0.3, 0.4) is 0 Å². The number of halogens is 1. The van der Waals surface area contributed by atoms with Crippen LogP contribution >= 0.6 is 0 Å². The van der Waals surface area contributed by atoms with Crippen LogP contribution in [0.1, 0.15) is 12.5 Å². The molecular weight excluding hydrogens is 373 g/mol. The molecule has 29 heavy (non-hydrogen) atoms. The fourth-order valence-electron chi connectivity index (χ4n) is 3.80. The third-order valence-corrected chi connectivity index (χ3v) is 5.68. The van der Waals surface area contributed by atoms with Crippen LogP contribution in [0.5, 0.6) is 5.75 Å². The Hall–Kier alpha value is -3.13. The maximum atomic E-state index is 14.3. The van der Waals surface area contributed by atoms with Crippen molar-refractivity contribution in [3.8, 4) is 16.9 Å². The number of amidine groups is 1. The first-order valence-corrected chi connectivity index (χ1v) is 9.71. The molecule has 0 aromatic heterocycles. The van der Waals surface area contributed by atoms with Crippen LogP contribution in [0, 0.1) is 12.7 Å². The number of nitrogens with one attached hydrogen (secondary N) is 3. The first-order valence-electron chi connectivity index (χ1n) is 9.71. The van der Waals surface area contributed by atoms with Crippen molar-refractivity contribution in [3.05, 3.63) is 41.7 Å². The van der Waals surface area contributed by atoms with Gasteiger partial charge in [0.25, 0.3) is 5.91 Å². The number of carbonyl (C=O) groups excluding carboxylic acids is 1. The largest absolute Gasteiger partial charge is 0.483 e. The molecule has 3 aliphatic rings. The van der Waals surface area contributed by atoms with Gasteiger partial charge in [0, 0.05) is 24.3 Å². The highest BCUT2D eigenvalue weighted by atomic mass is 19.1. The summed E-state index contributed by atoms with van der Waals surface area (Å²) in [6, 6.07) is 9.04. The van der Waals surface area contributed by atoms with Crippen LogP contribution in [-0.4, -0.2) is 43.5 Å². The van der Waals surface area contributed by atoms with E-state index < -0.39 is 6.04 Å². The van der Waals surface area contributed by atoms with E-state index in [1.54, 1.807) is 19.1 Å². The summed E-state index contributed by atoms with van der Waals surface area (Å²) in [6.45, 7) is 5.58. The van der Waals surface area contributed by atoms with Crippen LogP contribution in [0.25, 0.3) is 11.1 Å². The third kappa shape index (κ3) is 3.00. The zero-order valence-corrected chi connectivity index (χ0v) is 16.3. The molecule has 1 amide bonds. The molecule has 3 N–H and O–H groups in total. The highest BCUT2D eigenvalue weighted by molar-refractivity contribution is 6.10. The van der Waals surface area contributed by atoms with Gasteiger partial charge in [-0.25, -0.2) is 9.82 Å². The molecule has 1 fully saturated rings. The van der Waals surface area contributed by atoms with Gasteiger partial charge in [0.05, 0.1) is 11.7 Å². The molecule has 0 radical (unpaired) electrons. The van der Waals surface area contributed by atoms with Crippen LogP contribution in [0.15, 0.2) is 35.4 Å². The Bertz CT molecular complexity index is 1030. The number of fused-ring (bicyclic) bond motifs is 3. The van der Waals surface area contributed by atoms with Gasteiger partial charge in [-0.3, -0.25) is 4.79 Å². The number of ether oxygens (including phenoxy) is 1. The monoisotopic (exact) mass is 395 g/mol. The zero-order chi connectivity index (χ0) is 20.1. The van der Waals surface area contributed by atoms with E-state index in [-0.39, 0.29) is 18.3 Å². The average Bonchev–Trinajstić information content (AvgIpc) is 2.68. The third-order valence-electron chi connectivity index (χ3n) is 5.68. The number of hydrogen-bond acceptors (Lipinski definition) is 6. The fraction of sp³-hybridized carbons (Fsp3) is 0.333.